The molecule has 0 bridgehead atoms. The topological polar surface area (TPSA) is 26.3 Å². The fourth-order valence-corrected chi connectivity index (χ4v) is 6.37. The molecule has 0 aliphatic heterocycles. The maximum Gasteiger partial charge on any atom is 0.416 e. The number of alkyl halides is 3. The van der Waals surface area contributed by atoms with Gasteiger partial charge in [-0.1, -0.05) is 13.3 Å². The molecular weight excluding hydrogens is 408 g/mol. The molecule has 0 aromatic heterocycles. The van der Waals surface area contributed by atoms with Crippen molar-refractivity contribution in [2.24, 2.45) is 35.5 Å². The summed E-state index contributed by atoms with van der Waals surface area (Å²) in [5, 5.41) is 0. The standard InChI is InChI=1S/C25H32F4O2/c1-15-2-3-20-13-19(9-8-18(20)12-15)16-4-6-17(7-5-16)24(30)31-23-11-10-21(14-22(23)26)25(27,28)29/h10-11,14-20H,2-9,12-13H2,1H3. The molecule has 4 rings (SSSR count). The number of hydrogen-bond acceptors (Lipinski definition) is 2. The average molecular weight is 441 g/mol. The molecule has 0 amide bonds. The third-order valence-corrected chi connectivity index (χ3v) is 8.16. The maximum atomic E-state index is 14.0. The van der Waals surface area contributed by atoms with Gasteiger partial charge in [0.2, 0.25) is 0 Å². The second-order valence-corrected chi connectivity index (χ2v) is 10.2. The van der Waals surface area contributed by atoms with Gasteiger partial charge in [0.05, 0.1) is 11.5 Å². The largest absolute Gasteiger partial charge is 0.423 e. The highest BCUT2D eigenvalue weighted by Crippen LogP contribution is 2.49. The molecule has 3 aliphatic rings. The summed E-state index contributed by atoms with van der Waals surface area (Å²) >= 11 is 0. The van der Waals surface area contributed by atoms with Crippen LogP contribution in [0.3, 0.4) is 0 Å². The Balaban J connectivity index is 1.28. The zero-order valence-corrected chi connectivity index (χ0v) is 18.1. The fraction of sp³-hybridized carbons (Fsp3) is 0.720. The highest BCUT2D eigenvalue weighted by atomic mass is 19.4. The Labute approximate surface area is 181 Å². The summed E-state index contributed by atoms with van der Waals surface area (Å²) in [5.74, 6) is 1.64. The molecule has 2 nitrogen and oxygen atoms in total. The number of ether oxygens (including phenoxy) is 1. The van der Waals surface area contributed by atoms with Gasteiger partial charge < -0.3 is 4.74 Å². The lowest BCUT2D eigenvalue weighted by Crippen LogP contribution is -2.35. The van der Waals surface area contributed by atoms with Gasteiger partial charge in [0.25, 0.3) is 0 Å². The molecule has 3 saturated carbocycles. The summed E-state index contributed by atoms with van der Waals surface area (Å²) in [6, 6.07) is 2.01. The Morgan fingerprint density at radius 3 is 2.10 bits per heavy atom. The molecule has 1 aromatic rings. The van der Waals surface area contributed by atoms with E-state index in [-0.39, 0.29) is 5.92 Å². The normalized spacial score (nSPS) is 34.1. The van der Waals surface area contributed by atoms with Crippen LogP contribution in [0.1, 0.15) is 76.7 Å². The summed E-state index contributed by atoms with van der Waals surface area (Å²) in [4.78, 5) is 12.5. The second-order valence-electron chi connectivity index (χ2n) is 10.2. The van der Waals surface area contributed by atoms with Crippen molar-refractivity contribution in [2.75, 3.05) is 0 Å². The van der Waals surface area contributed by atoms with Crippen molar-refractivity contribution >= 4 is 5.97 Å². The smallest absolute Gasteiger partial charge is 0.416 e. The van der Waals surface area contributed by atoms with E-state index in [0.717, 1.165) is 48.6 Å². The van der Waals surface area contributed by atoms with Crippen LogP contribution in [-0.2, 0) is 11.0 Å². The summed E-state index contributed by atoms with van der Waals surface area (Å²) < 4.78 is 57.2. The van der Waals surface area contributed by atoms with Crippen molar-refractivity contribution in [3.05, 3.63) is 29.6 Å². The molecular formula is C25H32F4O2. The number of fused-ring (bicyclic) bond motifs is 1. The van der Waals surface area contributed by atoms with Crippen molar-refractivity contribution in [1.29, 1.82) is 0 Å². The van der Waals surface area contributed by atoms with E-state index < -0.39 is 29.3 Å². The molecule has 3 aliphatic carbocycles. The van der Waals surface area contributed by atoms with Crippen molar-refractivity contribution in [3.8, 4) is 5.75 Å². The maximum absolute atomic E-state index is 14.0. The number of hydrogen-bond donors (Lipinski definition) is 0. The number of halogens is 4. The van der Waals surface area contributed by atoms with E-state index in [2.05, 4.69) is 6.92 Å². The van der Waals surface area contributed by atoms with Gasteiger partial charge in [0, 0.05) is 0 Å². The van der Waals surface area contributed by atoms with Gasteiger partial charge in [0.15, 0.2) is 11.6 Å². The SMILES string of the molecule is CC1CCC2CC(C3CCC(C(=O)Oc4ccc(C(F)(F)F)cc4F)CC3)CCC2C1. The Morgan fingerprint density at radius 1 is 0.871 bits per heavy atom. The van der Waals surface area contributed by atoms with Gasteiger partial charge in [-0.2, -0.15) is 13.2 Å². The lowest BCUT2D eigenvalue weighted by molar-refractivity contribution is -0.140. The minimum Gasteiger partial charge on any atom is -0.423 e. The zero-order chi connectivity index (χ0) is 22.2. The summed E-state index contributed by atoms with van der Waals surface area (Å²) in [7, 11) is 0. The Kier molecular flexibility index (Phi) is 6.64. The van der Waals surface area contributed by atoms with E-state index in [1.54, 1.807) is 0 Å². The minimum absolute atomic E-state index is 0.301. The highest BCUT2D eigenvalue weighted by molar-refractivity contribution is 5.75. The predicted octanol–water partition coefficient (Wildman–Crippen LogP) is 7.41. The van der Waals surface area contributed by atoms with Gasteiger partial charge in [-0.15, -0.1) is 0 Å². The molecule has 0 N–H and O–H groups in total. The first kappa shape index (κ1) is 22.6. The average Bonchev–Trinajstić information content (AvgIpc) is 2.74. The summed E-state index contributed by atoms with van der Waals surface area (Å²) in [5.41, 5.74) is -1.09. The molecule has 0 spiro atoms. The number of esters is 1. The molecule has 4 unspecified atom stereocenters. The second kappa shape index (κ2) is 9.11. The van der Waals surface area contributed by atoms with Crippen molar-refractivity contribution in [1.82, 2.24) is 0 Å². The summed E-state index contributed by atoms with van der Waals surface area (Å²) in [6.45, 7) is 2.37. The number of benzene rings is 1. The van der Waals surface area contributed by atoms with Gasteiger partial charge in [-0.05, 0) is 106 Å². The van der Waals surface area contributed by atoms with Crippen LogP contribution in [0.5, 0.6) is 5.75 Å². The van der Waals surface area contributed by atoms with E-state index in [9.17, 15) is 22.4 Å². The van der Waals surface area contributed by atoms with E-state index in [4.69, 9.17) is 4.74 Å². The lowest BCUT2D eigenvalue weighted by atomic mass is 9.61. The van der Waals surface area contributed by atoms with Crippen LogP contribution in [-0.4, -0.2) is 5.97 Å². The predicted molar refractivity (Wildman–Crippen MR) is 110 cm³/mol. The highest BCUT2D eigenvalue weighted by Gasteiger charge is 2.39. The van der Waals surface area contributed by atoms with E-state index in [1.807, 2.05) is 0 Å². The first-order valence-electron chi connectivity index (χ1n) is 11.8. The Hall–Kier alpha value is -1.59. The molecule has 0 radical (unpaired) electrons. The van der Waals surface area contributed by atoms with Crippen LogP contribution in [0.2, 0.25) is 0 Å². The van der Waals surface area contributed by atoms with Crippen LogP contribution in [0.4, 0.5) is 17.6 Å². The number of rotatable bonds is 3. The van der Waals surface area contributed by atoms with Crippen molar-refractivity contribution < 1.29 is 27.1 Å². The molecule has 0 saturated heterocycles. The molecule has 31 heavy (non-hydrogen) atoms. The minimum atomic E-state index is -4.63. The Bertz CT molecular complexity index is 782. The third-order valence-electron chi connectivity index (χ3n) is 8.16. The molecule has 1 aromatic carbocycles. The van der Waals surface area contributed by atoms with Crippen LogP contribution in [0.15, 0.2) is 18.2 Å². The van der Waals surface area contributed by atoms with Gasteiger partial charge in [-0.3, -0.25) is 4.79 Å². The third kappa shape index (κ3) is 5.25. The van der Waals surface area contributed by atoms with Crippen LogP contribution >= 0.6 is 0 Å². The monoisotopic (exact) mass is 440 g/mol. The van der Waals surface area contributed by atoms with Crippen LogP contribution in [0, 0.1) is 41.3 Å². The van der Waals surface area contributed by atoms with Gasteiger partial charge in [-0.25, -0.2) is 4.39 Å². The van der Waals surface area contributed by atoms with E-state index in [1.165, 1.54) is 38.5 Å². The molecule has 6 heteroatoms. The molecule has 4 atom stereocenters. The first-order chi connectivity index (χ1) is 14.7. The molecule has 3 fully saturated rings. The van der Waals surface area contributed by atoms with E-state index >= 15 is 0 Å². The zero-order valence-electron chi connectivity index (χ0n) is 18.1. The first-order valence-corrected chi connectivity index (χ1v) is 11.8. The van der Waals surface area contributed by atoms with Crippen molar-refractivity contribution in [2.45, 2.75) is 77.3 Å². The quantitative estimate of drug-likeness (QED) is 0.278. The van der Waals surface area contributed by atoms with E-state index in [0.29, 0.717) is 24.8 Å². The van der Waals surface area contributed by atoms with Gasteiger partial charge >= 0.3 is 12.1 Å². The molecule has 0 heterocycles. The number of carbonyl (C=O) groups is 1. The van der Waals surface area contributed by atoms with Crippen LogP contribution < -0.4 is 4.74 Å². The Morgan fingerprint density at radius 2 is 1.45 bits per heavy atom. The fourth-order valence-electron chi connectivity index (χ4n) is 6.37. The van der Waals surface area contributed by atoms with Crippen LogP contribution in [0.25, 0.3) is 0 Å². The molecule has 172 valence electrons. The summed E-state index contributed by atoms with van der Waals surface area (Å²) in [6.07, 6.45) is 6.83. The number of carbonyl (C=O) groups excluding carboxylic acids is 1. The lowest BCUT2D eigenvalue weighted by Gasteiger charge is -2.44. The van der Waals surface area contributed by atoms with Gasteiger partial charge in [0.1, 0.15) is 0 Å². The van der Waals surface area contributed by atoms with Crippen molar-refractivity contribution in [3.63, 3.8) is 0 Å².